The van der Waals surface area contributed by atoms with Crippen molar-refractivity contribution in [3.8, 4) is 0 Å². The van der Waals surface area contributed by atoms with E-state index < -0.39 is 12.2 Å². The monoisotopic (exact) mass is 523 g/mol. The van der Waals surface area contributed by atoms with Crippen molar-refractivity contribution in [3.63, 3.8) is 0 Å². The average molecular weight is 524 g/mol. The number of hydrogen-bond donors (Lipinski definition) is 4. The molecule has 3 aromatic heterocycles. The highest BCUT2D eigenvalue weighted by Gasteiger charge is 2.44. The van der Waals surface area contributed by atoms with E-state index in [1.807, 2.05) is 29.8 Å². The molecule has 2 fully saturated rings. The van der Waals surface area contributed by atoms with Gasteiger partial charge in [0.05, 0.1) is 28.6 Å². The summed E-state index contributed by atoms with van der Waals surface area (Å²) < 4.78 is 1.94. The SMILES string of the molecule is Cc1cc2[nH]c(CCC3CC(N(C)C[C@H]4CC(n5ccc6c(N)ncnc65)[C@H](O)[C@@H]4O)C3)nc2cc1Cl. The van der Waals surface area contributed by atoms with E-state index >= 15 is 0 Å². The van der Waals surface area contributed by atoms with Crippen molar-refractivity contribution in [1.82, 2.24) is 29.4 Å². The Morgan fingerprint density at radius 3 is 2.81 bits per heavy atom. The van der Waals surface area contributed by atoms with Crippen LogP contribution in [0, 0.1) is 18.8 Å². The number of aryl methyl sites for hydroxylation is 2. The Morgan fingerprint density at radius 1 is 1.19 bits per heavy atom. The fourth-order valence-corrected chi connectivity index (χ4v) is 6.44. The molecule has 0 amide bonds. The maximum Gasteiger partial charge on any atom is 0.145 e. The summed E-state index contributed by atoms with van der Waals surface area (Å²) in [6, 6.07) is 6.13. The van der Waals surface area contributed by atoms with Crippen LogP contribution in [-0.2, 0) is 6.42 Å². The van der Waals surface area contributed by atoms with Crippen LogP contribution in [0.5, 0.6) is 0 Å². The number of imidazole rings is 1. The molecule has 1 aromatic carbocycles. The number of rotatable bonds is 7. The third kappa shape index (κ3) is 4.48. The van der Waals surface area contributed by atoms with E-state index in [0.717, 1.165) is 65.1 Å². The molecule has 37 heavy (non-hydrogen) atoms. The molecule has 6 rings (SSSR count). The number of aliphatic hydroxyl groups excluding tert-OH is 2. The van der Waals surface area contributed by atoms with E-state index in [-0.39, 0.29) is 12.0 Å². The summed E-state index contributed by atoms with van der Waals surface area (Å²) in [4.78, 5) is 18.9. The first-order valence-electron chi connectivity index (χ1n) is 13.1. The zero-order valence-electron chi connectivity index (χ0n) is 21.2. The molecule has 2 aliphatic carbocycles. The first-order chi connectivity index (χ1) is 17.8. The molecule has 0 aliphatic heterocycles. The van der Waals surface area contributed by atoms with Crippen LogP contribution in [0.1, 0.15) is 43.1 Å². The van der Waals surface area contributed by atoms with Crippen molar-refractivity contribution in [2.75, 3.05) is 19.3 Å². The number of aromatic nitrogens is 5. The van der Waals surface area contributed by atoms with Crippen LogP contribution in [0.15, 0.2) is 30.7 Å². The molecule has 0 saturated heterocycles. The number of anilines is 1. The molecule has 3 heterocycles. The van der Waals surface area contributed by atoms with Gasteiger partial charge in [0.15, 0.2) is 0 Å². The number of nitrogens with one attached hydrogen (secondary N) is 1. The highest BCUT2D eigenvalue weighted by Crippen LogP contribution is 2.40. The summed E-state index contributed by atoms with van der Waals surface area (Å²) in [6.45, 7) is 2.76. The first-order valence-corrected chi connectivity index (χ1v) is 13.4. The molecule has 196 valence electrons. The fourth-order valence-electron chi connectivity index (χ4n) is 6.28. The first kappa shape index (κ1) is 24.6. The molecule has 0 radical (unpaired) electrons. The Balaban J connectivity index is 1.02. The second-order valence-corrected chi connectivity index (χ2v) is 11.4. The summed E-state index contributed by atoms with van der Waals surface area (Å²) in [5.74, 6) is 2.11. The Kier molecular flexibility index (Phi) is 6.35. The van der Waals surface area contributed by atoms with Gasteiger partial charge in [0.1, 0.15) is 29.7 Å². The van der Waals surface area contributed by atoms with E-state index in [0.29, 0.717) is 29.8 Å². The van der Waals surface area contributed by atoms with Crippen molar-refractivity contribution in [2.45, 2.75) is 63.3 Å². The van der Waals surface area contributed by atoms with Gasteiger partial charge in [0, 0.05) is 36.1 Å². The molecule has 0 bridgehead atoms. The molecule has 4 aromatic rings. The van der Waals surface area contributed by atoms with Gasteiger partial charge in [-0.15, -0.1) is 0 Å². The van der Waals surface area contributed by atoms with E-state index in [2.05, 4.69) is 33.0 Å². The maximum absolute atomic E-state index is 10.9. The summed E-state index contributed by atoms with van der Waals surface area (Å²) >= 11 is 6.24. The highest BCUT2D eigenvalue weighted by atomic mass is 35.5. The average Bonchev–Trinajstić information content (AvgIpc) is 3.51. The molecular formula is C27H34ClN7O2. The number of halogens is 1. The zero-order valence-corrected chi connectivity index (χ0v) is 21.9. The van der Waals surface area contributed by atoms with E-state index in [9.17, 15) is 10.2 Å². The Labute approximate surface area is 220 Å². The van der Waals surface area contributed by atoms with Crippen molar-refractivity contribution >= 4 is 39.5 Å². The zero-order chi connectivity index (χ0) is 25.8. The lowest BCUT2D eigenvalue weighted by Crippen LogP contribution is -2.46. The molecular weight excluding hydrogens is 490 g/mol. The molecule has 10 heteroatoms. The Bertz CT molecular complexity index is 1390. The van der Waals surface area contributed by atoms with Gasteiger partial charge in [-0.05, 0) is 69.3 Å². The summed E-state index contributed by atoms with van der Waals surface area (Å²) in [6.07, 6.45) is 6.73. The molecule has 1 unspecified atom stereocenters. The van der Waals surface area contributed by atoms with Crippen LogP contribution >= 0.6 is 11.6 Å². The Hall–Kier alpha value is -2.72. The fraction of sp³-hybridized carbons (Fsp3) is 0.519. The molecule has 2 aliphatic rings. The summed E-state index contributed by atoms with van der Waals surface area (Å²) in [7, 11) is 2.14. The van der Waals surface area contributed by atoms with Crippen LogP contribution in [0.3, 0.4) is 0 Å². The van der Waals surface area contributed by atoms with Crippen molar-refractivity contribution in [1.29, 1.82) is 0 Å². The topological polar surface area (TPSA) is 129 Å². The van der Waals surface area contributed by atoms with E-state index in [1.165, 1.54) is 6.33 Å². The molecule has 0 spiro atoms. The van der Waals surface area contributed by atoms with Gasteiger partial charge in [-0.2, -0.15) is 0 Å². The van der Waals surface area contributed by atoms with Crippen molar-refractivity contribution in [3.05, 3.63) is 47.1 Å². The van der Waals surface area contributed by atoms with Gasteiger partial charge in [0.2, 0.25) is 0 Å². The van der Waals surface area contributed by atoms with Crippen LogP contribution < -0.4 is 5.73 Å². The van der Waals surface area contributed by atoms with E-state index in [1.54, 1.807) is 0 Å². The maximum atomic E-state index is 10.9. The van der Waals surface area contributed by atoms with Crippen LogP contribution in [0.2, 0.25) is 5.02 Å². The standard InChI is InChI=1S/C27H34ClN7O2/c1-14-7-20-21(11-19(14)28)33-23(32-20)4-3-15-8-17(9-15)34(2)12-16-10-22(25(37)24(16)36)35-6-5-18-26(29)30-13-31-27(18)35/h5-7,11,13,15-17,22,24-25,36-37H,3-4,8-10,12H2,1-2H3,(H,32,33)(H2,29,30,31)/t15?,16-,17?,22?,24-,25+/m1/s1. The molecule has 2 saturated carbocycles. The minimum Gasteiger partial charge on any atom is -0.390 e. The number of fused-ring (bicyclic) bond motifs is 2. The number of nitrogen functional groups attached to an aromatic ring is 1. The van der Waals surface area contributed by atoms with Crippen LogP contribution in [0.4, 0.5) is 5.82 Å². The minimum atomic E-state index is -0.846. The largest absolute Gasteiger partial charge is 0.390 e. The lowest BCUT2D eigenvalue weighted by molar-refractivity contribution is -0.00658. The highest BCUT2D eigenvalue weighted by molar-refractivity contribution is 6.32. The number of nitrogens with two attached hydrogens (primary N) is 1. The van der Waals surface area contributed by atoms with Gasteiger partial charge in [-0.1, -0.05) is 11.6 Å². The Morgan fingerprint density at radius 2 is 2.00 bits per heavy atom. The lowest BCUT2D eigenvalue weighted by Gasteiger charge is -2.42. The number of nitrogens with zero attached hydrogens (tertiary/aromatic N) is 5. The molecule has 9 nitrogen and oxygen atoms in total. The smallest absolute Gasteiger partial charge is 0.145 e. The summed E-state index contributed by atoms with van der Waals surface area (Å²) in [5.41, 5.74) is 9.70. The van der Waals surface area contributed by atoms with Crippen molar-refractivity contribution in [2.24, 2.45) is 11.8 Å². The lowest BCUT2D eigenvalue weighted by atomic mass is 9.76. The number of aliphatic hydroxyl groups is 2. The number of aromatic amines is 1. The molecule has 4 atom stereocenters. The van der Waals surface area contributed by atoms with Gasteiger partial charge >= 0.3 is 0 Å². The third-order valence-electron chi connectivity index (χ3n) is 8.63. The number of H-pyrrole nitrogens is 1. The predicted molar refractivity (Wildman–Crippen MR) is 144 cm³/mol. The summed E-state index contributed by atoms with van der Waals surface area (Å²) in [5, 5.41) is 23.3. The minimum absolute atomic E-state index is 0.00786. The normalized spacial score (nSPS) is 27.9. The van der Waals surface area contributed by atoms with Gasteiger partial charge in [0.25, 0.3) is 0 Å². The second-order valence-electron chi connectivity index (χ2n) is 11.0. The predicted octanol–water partition coefficient (Wildman–Crippen LogP) is 3.48. The quantitative estimate of drug-likeness (QED) is 0.292. The number of hydrogen-bond acceptors (Lipinski definition) is 7. The van der Waals surface area contributed by atoms with Crippen LogP contribution in [-0.4, -0.2) is 71.5 Å². The van der Waals surface area contributed by atoms with E-state index in [4.69, 9.17) is 22.3 Å². The van der Waals surface area contributed by atoms with Gasteiger partial charge in [-0.25, -0.2) is 15.0 Å². The molecule has 5 N–H and O–H groups in total. The van der Waals surface area contributed by atoms with Crippen LogP contribution in [0.25, 0.3) is 22.1 Å². The third-order valence-corrected chi connectivity index (χ3v) is 9.03. The number of benzene rings is 1. The van der Waals surface area contributed by atoms with Gasteiger partial charge in [-0.3, -0.25) is 0 Å². The second kappa shape index (κ2) is 9.54. The van der Waals surface area contributed by atoms with Crippen molar-refractivity contribution < 1.29 is 10.2 Å². The van der Waals surface area contributed by atoms with Gasteiger partial charge < -0.3 is 30.4 Å².